The van der Waals surface area contributed by atoms with Crippen LogP contribution in [0.1, 0.15) is 0 Å². The Morgan fingerprint density at radius 3 is 2.35 bits per heavy atom. The molecule has 182 valence electrons. The summed E-state index contributed by atoms with van der Waals surface area (Å²) in [7, 11) is -9.55. The molecule has 0 saturated heterocycles. The van der Waals surface area contributed by atoms with Gasteiger partial charge in [0.25, 0.3) is 0 Å². The van der Waals surface area contributed by atoms with E-state index < -0.39 is 37.2 Å². The third-order valence-corrected chi connectivity index (χ3v) is 5.90. The molecule has 0 aliphatic carbocycles. The van der Waals surface area contributed by atoms with Crippen LogP contribution in [0.3, 0.4) is 0 Å². The van der Waals surface area contributed by atoms with Gasteiger partial charge in [-0.2, -0.15) is 21.6 Å². The molecule has 0 fully saturated rings. The summed E-state index contributed by atoms with van der Waals surface area (Å²) in [6.45, 7) is 3.18. The number of alkyl halides is 3. The number of hydrogen-bond acceptors (Lipinski definition) is 7. The fourth-order valence-electron chi connectivity index (χ4n) is 3.03. The lowest BCUT2D eigenvalue weighted by Gasteiger charge is -2.09. The monoisotopic (exact) mass is 520 g/mol. The highest BCUT2D eigenvalue weighted by Crippen LogP contribution is 2.29. The fraction of sp³-hybridized carbons (Fsp3) is 0.105. The van der Waals surface area contributed by atoms with Crippen molar-refractivity contribution in [2.45, 2.75) is 5.51 Å². The van der Waals surface area contributed by atoms with E-state index in [1.807, 2.05) is 0 Å². The highest BCUT2D eigenvalue weighted by molar-refractivity contribution is 7.92. The molecule has 0 bridgehead atoms. The molecule has 2 aromatic heterocycles. The predicted octanol–water partition coefficient (Wildman–Crippen LogP) is 1.60. The Hall–Kier alpha value is -3.59. The maximum atomic E-state index is 14.9. The molecule has 3 rings (SSSR count). The first-order valence-electron chi connectivity index (χ1n) is 9.00. The number of benzene rings is 1. The van der Waals surface area contributed by atoms with E-state index in [1.54, 1.807) is 0 Å². The maximum Gasteiger partial charge on any atom is 0.534 e. The third kappa shape index (κ3) is 5.14. The average molecular weight is 520 g/mol. The van der Waals surface area contributed by atoms with E-state index in [9.17, 15) is 34.4 Å². The van der Waals surface area contributed by atoms with Crippen LogP contribution in [-0.4, -0.2) is 38.6 Å². The summed E-state index contributed by atoms with van der Waals surface area (Å²) in [6.07, 6.45) is 3.69. The van der Waals surface area contributed by atoms with Crippen LogP contribution in [0, 0.1) is 5.82 Å². The predicted molar refractivity (Wildman–Crippen MR) is 118 cm³/mol. The number of nitrogens with zero attached hydrogens (tertiary/aromatic N) is 1. The topological polar surface area (TPSA) is 144 Å². The van der Waals surface area contributed by atoms with Gasteiger partial charge >= 0.3 is 15.6 Å². The van der Waals surface area contributed by atoms with Crippen molar-refractivity contribution >= 4 is 49.1 Å². The number of allylic oxidation sites excluding steroid dienone is 1. The number of anilines is 1. The van der Waals surface area contributed by atoms with Crippen molar-refractivity contribution in [3.05, 3.63) is 59.2 Å². The Labute approximate surface area is 190 Å². The molecule has 0 amide bonds. The van der Waals surface area contributed by atoms with E-state index in [0.717, 1.165) is 24.7 Å². The van der Waals surface area contributed by atoms with Gasteiger partial charge in [-0.3, -0.25) is 4.72 Å². The minimum absolute atomic E-state index is 0.0367. The molecule has 4 N–H and O–H groups in total. The minimum Gasteiger partial charge on any atom is -0.403 e. The molecule has 0 saturated carbocycles. The number of fused-ring (bicyclic) bond motifs is 1. The molecule has 0 spiro atoms. The molecule has 0 atom stereocenters. The Kier molecular flexibility index (Phi) is 6.36. The van der Waals surface area contributed by atoms with Crippen LogP contribution in [-0.2, 0) is 24.3 Å². The standard InChI is InChI=1S/C19H16F4N4O5S2/c1-10(32-34(30,31)19(21,22)23)7-13-15(8-24)26-18-17(13)16(14(20)9-25-18)11-3-5-12(6-4-11)27-33(2,28)29/h3-9,27H,1,24H2,2H3,(H,25,26)/b13-7+,15-8+. The van der Waals surface area contributed by atoms with Gasteiger partial charge in [0.2, 0.25) is 10.0 Å². The molecule has 1 aromatic carbocycles. The maximum absolute atomic E-state index is 14.9. The van der Waals surface area contributed by atoms with Crippen molar-refractivity contribution in [1.29, 1.82) is 0 Å². The molecule has 0 aliphatic rings. The second kappa shape index (κ2) is 8.64. The Bertz CT molecular complexity index is 1610. The van der Waals surface area contributed by atoms with Crippen molar-refractivity contribution in [2.24, 2.45) is 5.73 Å². The number of nitrogens with two attached hydrogens (primary N) is 1. The summed E-state index contributed by atoms with van der Waals surface area (Å²) in [6, 6.07) is 5.53. The first kappa shape index (κ1) is 25.0. The number of pyridine rings is 1. The van der Waals surface area contributed by atoms with Gasteiger partial charge in [0, 0.05) is 28.1 Å². The summed E-state index contributed by atoms with van der Waals surface area (Å²) < 4.78 is 104. The van der Waals surface area contributed by atoms with Crippen LogP contribution in [0.2, 0.25) is 0 Å². The number of hydrogen-bond donors (Lipinski definition) is 3. The van der Waals surface area contributed by atoms with Crippen LogP contribution in [0.15, 0.2) is 42.8 Å². The zero-order chi connectivity index (χ0) is 25.5. The summed E-state index contributed by atoms with van der Waals surface area (Å²) in [5, 5.41) is 0.0637. The number of halogens is 4. The number of nitrogens with one attached hydrogen (secondary N) is 2. The lowest BCUT2D eigenvalue weighted by Crippen LogP contribution is -2.27. The number of sulfonamides is 1. The minimum atomic E-state index is -5.99. The number of H-pyrrole nitrogens is 1. The second-order valence-electron chi connectivity index (χ2n) is 6.87. The van der Waals surface area contributed by atoms with Crippen LogP contribution in [0.25, 0.3) is 34.4 Å². The Balaban J connectivity index is 2.23. The molecule has 0 unspecified atom stereocenters. The van der Waals surface area contributed by atoms with Gasteiger partial charge in [-0.15, -0.1) is 0 Å². The van der Waals surface area contributed by atoms with Gasteiger partial charge in [-0.05, 0) is 23.8 Å². The van der Waals surface area contributed by atoms with Crippen LogP contribution in [0.4, 0.5) is 23.2 Å². The second-order valence-corrected chi connectivity index (χ2v) is 10.2. The number of aromatic nitrogens is 2. The first-order chi connectivity index (χ1) is 15.6. The molecule has 3 aromatic rings. The van der Waals surface area contributed by atoms with E-state index in [-0.39, 0.29) is 38.4 Å². The fourth-order valence-corrected chi connectivity index (χ4v) is 4.02. The lowest BCUT2D eigenvalue weighted by molar-refractivity contribution is -0.0518. The van der Waals surface area contributed by atoms with Crippen LogP contribution in [0.5, 0.6) is 0 Å². The lowest BCUT2D eigenvalue weighted by atomic mass is 10.0. The van der Waals surface area contributed by atoms with E-state index in [0.29, 0.717) is 0 Å². The van der Waals surface area contributed by atoms with Crippen molar-refractivity contribution in [1.82, 2.24) is 9.97 Å². The largest absolute Gasteiger partial charge is 0.534 e. The van der Waals surface area contributed by atoms with Crippen molar-refractivity contribution in [3.63, 3.8) is 0 Å². The van der Waals surface area contributed by atoms with Crippen molar-refractivity contribution in [2.75, 3.05) is 11.0 Å². The molecular weight excluding hydrogens is 504 g/mol. The molecular formula is C19H16F4N4O5S2. The molecule has 9 nitrogen and oxygen atoms in total. The average Bonchev–Trinajstić information content (AvgIpc) is 3.04. The quantitative estimate of drug-likeness (QED) is 0.194. The highest BCUT2D eigenvalue weighted by Gasteiger charge is 2.48. The van der Waals surface area contributed by atoms with E-state index in [4.69, 9.17) is 5.73 Å². The van der Waals surface area contributed by atoms with Crippen LogP contribution >= 0.6 is 0 Å². The zero-order valence-corrected chi connectivity index (χ0v) is 18.8. The van der Waals surface area contributed by atoms with Crippen molar-refractivity contribution in [3.8, 4) is 11.1 Å². The van der Waals surface area contributed by atoms with E-state index in [1.165, 1.54) is 24.3 Å². The van der Waals surface area contributed by atoms with Gasteiger partial charge in [0.15, 0.2) is 0 Å². The zero-order valence-electron chi connectivity index (χ0n) is 17.1. The smallest absolute Gasteiger partial charge is 0.403 e. The van der Waals surface area contributed by atoms with E-state index >= 15 is 0 Å². The Morgan fingerprint density at radius 1 is 1.21 bits per heavy atom. The number of aromatic amines is 1. The third-order valence-electron chi connectivity index (χ3n) is 4.29. The highest BCUT2D eigenvalue weighted by atomic mass is 32.2. The van der Waals surface area contributed by atoms with Crippen molar-refractivity contribution < 1.29 is 38.6 Å². The summed E-state index contributed by atoms with van der Waals surface area (Å²) in [5.41, 5.74) is 0.323. The van der Waals surface area contributed by atoms with Gasteiger partial charge < -0.3 is 14.9 Å². The molecule has 0 radical (unpaired) electrons. The summed E-state index contributed by atoms with van der Waals surface area (Å²) in [4.78, 5) is 6.64. The molecule has 2 heterocycles. The molecule has 15 heteroatoms. The van der Waals surface area contributed by atoms with Gasteiger partial charge in [0.1, 0.15) is 17.2 Å². The summed E-state index contributed by atoms with van der Waals surface area (Å²) in [5.74, 6) is -1.74. The summed E-state index contributed by atoms with van der Waals surface area (Å²) >= 11 is 0. The van der Waals surface area contributed by atoms with E-state index in [2.05, 4.69) is 25.5 Å². The Morgan fingerprint density at radius 2 is 1.82 bits per heavy atom. The van der Waals surface area contributed by atoms with Gasteiger partial charge in [-0.25, -0.2) is 17.8 Å². The SMILES string of the molecule is C=C(/C=c1\c(=C/N)[nH]c2ncc(F)c(-c3ccc(NS(C)(=O)=O)cc3)c12)OS(=O)(=O)C(F)(F)F. The molecule has 34 heavy (non-hydrogen) atoms. The van der Waals surface area contributed by atoms with Gasteiger partial charge in [-0.1, -0.05) is 18.7 Å². The number of rotatable bonds is 6. The molecule has 0 aliphatic heterocycles. The normalized spacial score (nSPS) is 13.9. The first-order valence-corrected chi connectivity index (χ1v) is 12.3. The van der Waals surface area contributed by atoms with Crippen LogP contribution < -0.4 is 21.0 Å². The van der Waals surface area contributed by atoms with Gasteiger partial charge in [0.05, 0.1) is 17.8 Å².